The zero-order valence-electron chi connectivity index (χ0n) is 21.9. The van der Waals surface area contributed by atoms with Gasteiger partial charge in [-0.05, 0) is 61.8 Å². The molecule has 0 spiro atoms. The summed E-state index contributed by atoms with van der Waals surface area (Å²) in [6.45, 7) is 1.94. The van der Waals surface area contributed by atoms with Gasteiger partial charge in [0.1, 0.15) is 18.3 Å². The molecule has 208 valence electrons. The van der Waals surface area contributed by atoms with Crippen LogP contribution in [0.15, 0.2) is 48.5 Å². The smallest absolute Gasteiger partial charge is 0.353 e. The van der Waals surface area contributed by atoms with Crippen LogP contribution in [0.3, 0.4) is 0 Å². The molecule has 2 amide bonds. The Bertz CT molecular complexity index is 1220. The number of carbonyl (C=O) groups is 2. The maximum atomic E-state index is 14.3. The lowest BCUT2D eigenvalue weighted by Crippen LogP contribution is -2.51. The summed E-state index contributed by atoms with van der Waals surface area (Å²) >= 11 is 0. The van der Waals surface area contributed by atoms with E-state index in [-0.39, 0.29) is 17.5 Å². The lowest BCUT2D eigenvalue weighted by atomic mass is 9.92. The number of amides is 2. The number of nitrogens with zero attached hydrogens (tertiary/aromatic N) is 1. The van der Waals surface area contributed by atoms with Crippen LogP contribution in [0.5, 0.6) is 0 Å². The van der Waals surface area contributed by atoms with Crippen molar-refractivity contribution >= 4 is 11.8 Å². The Morgan fingerprint density at radius 2 is 1.56 bits per heavy atom. The van der Waals surface area contributed by atoms with Crippen molar-refractivity contribution in [1.82, 2.24) is 16.0 Å². The highest BCUT2D eigenvalue weighted by atomic mass is 19.4. The minimum Gasteiger partial charge on any atom is -0.353 e. The van der Waals surface area contributed by atoms with Crippen molar-refractivity contribution < 1.29 is 27.2 Å². The summed E-state index contributed by atoms with van der Waals surface area (Å²) in [5, 5.41) is 16.3. The van der Waals surface area contributed by atoms with Crippen LogP contribution >= 0.6 is 0 Å². The minimum atomic E-state index is -4.77. The minimum absolute atomic E-state index is 0.0588. The van der Waals surface area contributed by atoms with Crippen molar-refractivity contribution in [3.63, 3.8) is 0 Å². The van der Waals surface area contributed by atoms with E-state index in [0.29, 0.717) is 5.56 Å². The summed E-state index contributed by atoms with van der Waals surface area (Å²) in [5.41, 5.74) is -0.142. The Morgan fingerprint density at radius 1 is 1.00 bits per heavy atom. The topological polar surface area (TPSA) is 94.0 Å². The lowest BCUT2D eigenvalue weighted by molar-refractivity contribution is -0.161. The molecule has 39 heavy (non-hydrogen) atoms. The zero-order valence-corrected chi connectivity index (χ0v) is 21.9. The number of carbonyl (C=O) groups excluding carboxylic acids is 2. The fourth-order valence-electron chi connectivity index (χ4n) is 4.72. The Balaban J connectivity index is 1.51. The predicted octanol–water partition coefficient (Wildman–Crippen LogP) is 5.00. The van der Waals surface area contributed by atoms with E-state index in [1.54, 1.807) is 18.2 Å². The SMILES string of the molecule is CC(C)(F)C[C@H](N[C@@H](c1ccc(-c2ccc(C3(C(=O)NC4CC4)CC3)cc2)cc1)C(F)(F)F)C(=O)NCC#N. The van der Waals surface area contributed by atoms with Gasteiger partial charge < -0.3 is 10.6 Å². The summed E-state index contributed by atoms with van der Waals surface area (Å²) in [7, 11) is 0. The van der Waals surface area contributed by atoms with Crippen LogP contribution in [-0.4, -0.2) is 42.3 Å². The van der Waals surface area contributed by atoms with Crippen molar-refractivity contribution in [3.05, 3.63) is 59.7 Å². The number of hydrogen-bond acceptors (Lipinski definition) is 4. The second-order valence-corrected chi connectivity index (χ2v) is 11.0. The van der Waals surface area contributed by atoms with E-state index < -0.39 is 48.2 Å². The summed E-state index contributed by atoms with van der Waals surface area (Å²) in [6, 6.07) is 11.5. The van der Waals surface area contributed by atoms with E-state index >= 15 is 0 Å². The Kier molecular flexibility index (Phi) is 8.03. The normalized spacial score (nSPS) is 18.0. The third kappa shape index (κ3) is 7.15. The van der Waals surface area contributed by atoms with Gasteiger partial charge in [-0.2, -0.15) is 18.4 Å². The van der Waals surface area contributed by atoms with Crippen LogP contribution < -0.4 is 16.0 Å². The summed E-state index contributed by atoms with van der Waals surface area (Å²) < 4.78 is 56.6. The number of nitrogens with one attached hydrogen (secondary N) is 3. The molecule has 2 aliphatic carbocycles. The molecule has 0 aromatic heterocycles. The van der Waals surface area contributed by atoms with Gasteiger partial charge in [-0.3, -0.25) is 14.9 Å². The van der Waals surface area contributed by atoms with Gasteiger partial charge in [-0.25, -0.2) is 4.39 Å². The van der Waals surface area contributed by atoms with Gasteiger partial charge in [-0.1, -0.05) is 48.5 Å². The molecule has 0 bridgehead atoms. The highest BCUT2D eigenvalue weighted by Gasteiger charge is 2.52. The fraction of sp³-hybridized carbons (Fsp3) is 0.483. The Morgan fingerprint density at radius 3 is 2.03 bits per heavy atom. The molecule has 10 heteroatoms. The van der Waals surface area contributed by atoms with Crippen molar-refractivity contribution in [1.29, 1.82) is 5.26 Å². The van der Waals surface area contributed by atoms with Crippen LogP contribution in [0.1, 0.15) is 63.1 Å². The number of halogens is 4. The van der Waals surface area contributed by atoms with Gasteiger partial charge in [0, 0.05) is 12.5 Å². The molecule has 6 nitrogen and oxygen atoms in total. The van der Waals surface area contributed by atoms with Gasteiger partial charge >= 0.3 is 6.18 Å². The molecule has 2 aromatic carbocycles. The van der Waals surface area contributed by atoms with E-state index in [2.05, 4.69) is 16.0 Å². The van der Waals surface area contributed by atoms with Crippen molar-refractivity contribution in [2.45, 2.75) is 81.3 Å². The van der Waals surface area contributed by atoms with Crippen molar-refractivity contribution in [2.24, 2.45) is 0 Å². The lowest BCUT2D eigenvalue weighted by Gasteiger charge is -2.29. The number of benzene rings is 2. The molecule has 2 fully saturated rings. The highest BCUT2D eigenvalue weighted by molar-refractivity contribution is 5.91. The Labute approximate surface area is 225 Å². The maximum Gasteiger partial charge on any atom is 0.407 e. The number of rotatable bonds is 11. The molecule has 2 aliphatic rings. The molecule has 2 saturated carbocycles. The van der Waals surface area contributed by atoms with Gasteiger partial charge in [-0.15, -0.1) is 0 Å². The first-order chi connectivity index (χ1) is 18.3. The van der Waals surface area contributed by atoms with E-state index in [9.17, 15) is 27.2 Å². The molecule has 0 heterocycles. The van der Waals surface area contributed by atoms with Gasteiger partial charge in [0.2, 0.25) is 11.8 Å². The molecular formula is C29H32F4N4O2. The van der Waals surface area contributed by atoms with Crippen LogP contribution in [0.25, 0.3) is 11.1 Å². The quantitative estimate of drug-likeness (QED) is 0.274. The maximum absolute atomic E-state index is 14.3. The average molecular weight is 545 g/mol. The number of hydrogen-bond donors (Lipinski definition) is 3. The molecule has 0 unspecified atom stereocenters. The van der Waals surface area contributed by atoms with E-state index in [4.69, 9.17) is 5.26 Å². The first-order valence-corrected chi connectivity index (χ1v) is 13.0. The van der Waals surface area contributed by atoms with Crippen LogP contribution in [0.2, 0.25) is 0 Å². The van der Waals surface area contributed by atoms with Crippen molar-refractivity contribution in [2.75, 3.05) is 6.54 Å². The summed E-state index contributed by atoms with van der Waals surface area (Å²) in [5.74, 6) is -0.823. The van der Waals surface area contributed by atoms with Crippen LogP contribution in [0, 0.1) is 11.3 Å². The fourth-order valence-corrected chi connectivity index (χ4v) is 4.72. The monoisotopic (exact) mass is 544 g/mol. The van der Waals surface area contributed by atoms with Crippen LogP contribution in [0.4, 0.5) is 17.6 Å². The van der Waals surface area contributed by atoms with Gasteiger partial charge in [0.25, 0.3) is 0 Å². The number of nitriles is 1. The second-order valence-electron chi connectivity index (χ2n) is 11.0. The molecule has 0 aliphatic heterocycles. The standard InChI is InChI=1S/C29H32F4N4O2/c1-27(2,30)17-23(25(38)35-16-15-34)37-24(29(31,32)33)20-5-3-18(4-6-20)19-7-9-21(10-8-19)28(13-14-28)26(39)36-22-11-12-22/h3-10,22-24,37H,11-14,16-17H2,1-2H3,(H,35,38)(H,36,39)/t23-,24-/m0/s1. The first kappa shape index (κ1) is 28.6. The van der Waals surface area contributed by atoms with E-state index in [0.717, 1.165) is 36.8 Å². The molecule has 2 aromatic rings. The molecular weight excluding hydrogens is 512 g/mol. The molecule has 4 rings (SSSR count). The zero-order chi connectivity index (χ0) is 28.4. The van der Waals surface area contributed by atoms with Gasteiger partial charge in [0.15, 0.2) is 0 Å². The van der Waals surface area contributed by atoms with Crippen molar-refractivity contribution in [3.8, 4) is 17.2 Å². The van der Waals surface area contributed by atoms with E-state index in [1.165, 1.54) is 26.0 Å². The molecule has 3 N–H and O–H groups in total. The number of alkyl halides is 4. The molecule has 2 atom stereocenters. The summed E-state index contributed by atoms with van der Waals surface area (Å²) in [6.07, 6.45) is -1.66. The second kappa shape index (κ2) is 11.0. The third-order valence-corrected chi connectivity index (χ3v) is 7.15. The average Bonchev–Trinajstić information content (AvgIpc) is 3.79. The third-order valence-electron chi connectivity index (χ3n) is 7.15. The Hall–Kier alpha value is -3.45. The van der Waals surface area contributed by atoms with Crippen LogP contribution in [-0.2, 0) is 15.0 Å². The predicted molar refractivity (Wildman–Crippen MR) is 138 cm³/mol. The molecule has 0 radical (unpaired) electrons. The summed E-state index contributed by atoms with van der Waals surface area (Å²) in [4.78, 5) is 25.1. The molecule has 0 saturated heterocycles. The largest absolute Gasteiger partial charge is 0.407 e. The highest BCUT2D eigenvalue weighted by Crippen LogP contribution is 2.49. The van der Waals surface area contributed by atoms with E-state index in [1.807, 2.05) is 24.3 Å². The first-order valence-electron chi connectivity index (χ1n) is 13.0. The van der Waals surface area contributed by atoms with Gasteiger partial charge in [0.05, 0.1) is 17.5 Å².